The highest BCUT2D eigenvalue weighted by molar-refractivity contribution is 5.69. The van der Waals surface area contributed by atoms with Gasteiger partial charge in [0.15, 0.2) is 0 Å². The average Bonchev–Trinajstić information content (AvgIpc) is 2.38. The highest BCUT2D eigenvalue weighted by atomic mass is 16.6. The molecule has 1 aromatic heterocycles. The number of anilines is 1. The van der Waals surface area contributed by atoms with E-state index in [1.807, 2.05) is 32.9 Å². The first-order valence-electron chi connectivity index (χ1n) is 7.47. The molecule has 5 heteroatoms. The number of likely N-dealkylation sites (tertiary alicyclic amines) is 1. The van der Waals surface area contributed by atoms with Crippen LogP contribution in [0.4, 0.5) is 10.5 Å². The summed E-state index contributed by atoms with van der Waals surface area (Å²) in [6, 6.07) is 3.69. The third-order valence-electron chi connectivity index (χ3n) is 3.60. The molecule has 1 aliphatic rings. The number of amides is 1. The Morgan fingerprint density at radius 2 is 2.10 bits per heavy atom. The Labute approximate surface area is 126 Å². The normalized spacial score (nSPS) is 23.0. The van der Waals surface area contributed by atoms with E-state index in [2.05, 4.69) is 11.9 Å². The summed E-state index contributed by atoms with van der Waals surface area (Å²) in [5.74, 6) is 0.475. The van der Waals surface area contributed by atoms with Crippen LogP contribution in [0.2, 0.25) is 0 Å². The Morgan fingerprint density at radius 3 is 2.67 bits per heavy atom. The van der Waals surface area contributed by atoms with Gasteiger partial charge in [0.2, 0.25) is 0 Å². The second-order valence-electron chi connectivity index (χ2n) is 6.85. The fourth-order valence-electron chi connectivity index (χ4n) is 2.60. The molecule has 1 amide bonds. The van der Waals surface area contributed by atoms with Crippen molar-refractivity contribution in [3.63, 3.8) is 0 Å². The molecule has 2 unspecified atom stereocenters. The summed E-state index contributed by atoms with van der Waals surface area (Å²) in [7, 11) is 0. The van der Waals surface area contributed by atoms with Gasteiger partial charge < -0.3 is 10.5 Å². The van der Waals surface area contributed by atoms with Crippen molar-refractivity contribution in [2.75, 3.05) is 12.3 Å². The number of hydrogen-bond donors (Lipinski definition) is 1. The molecule has 0 saturated carbocycles. The molecule has 0 aromatic carbocycles. The zero-order valence-electron chi connectivity index (χ0n) is 13.3. The lowest BCUT2D eigenvalue weighted by Gasteiger charge is -2.39. The second-order valence-corrected chi connectivity index (χ2v) is 6.85. The number of nitrogens with two attached hydrogens (primary N) is 1. The summed E-state index contributed by atoms with van der Waals surface area (Å²) in [4.78, 5) is 18.6. The Hall–Kier alpha value is -1.78. The first-order valence-corrected chi connectivity index (χ1v) is 7.47. The van der Waals surface area contributed by atoms with Crippen LogP contribution in [0.5, 0.6) is 0 Å². The van der Waals surface area contributed by atoms with E-state index >= 15 is 0 Å². The van der Waals surface area contributed by atoms with E-state index in [-0.39, 0.29) is 12.1 Å². The quantitative estimate of drug-likeness (QED) is 0.861. The summed E-state index contributed by atoms with van der Waals surface area (Å²) in [5, 5.41) is 0. The molecule has 2 rings (SSSR count). The van der Waals surface area contributed by atoms with Gasteiger partial charge in [-0.05, 0) is 51.7 Å². The minimum absolute atomic E-state index is 0.0309. The Balaban J connectivity index is 2.21. The predicted molar refractivity (Wildman–Crippen MR) is 82.7 cm³/mol. The molecule has 1 fully saturated rings. The summed E-state index contributed by atoms with van der Waals surface area (Å²) < 4.78 is 5.54. The van der Waals surface area contributed by atoms with Gasteiger partial charge in [0, 0.05) is 6.54 Å². The number of carbonyl (C=O) groups excluding carboxylic acids is 1. The van der Waals surface area contributed by atoms with Crippen LogP contribution in [0.25, 0.3) is 0 Å². The first-order chi connectivity index (χ1) is 9.76. The van der Waals surface area contributed by atoms with Crippen LogP contribution in [0.3, 0.4) is 0 Å². The van der Waals surface area contributed by atoms with Crippen molar-refractivity contribution in [3.05, 3.63) is 24.0 Å². The van der Waals surface area contributed by atoms with Crippen molar-refractivity contribution in [3.8, 4) is 0 Å². The SMILES string of the molecule is CC1CCC(c2ccc(N)cn2)N(C(=O)OC(C)(C)C)C1. The number of nitrogens with zero attached hydrogens (tertiary/aromatic N) is 2. The Bertz CT molecular complexity index is 493. The number of ether oxygens (including phenoxy) is 1. The smallest absolute Gasteiger partial charge is 0.410 e. The van der Waals surface area contributed by atoms with Crippen LogP contribution in [-0.2, 0) is 4.74 Å². The molecule has 1 aromatic rings. The number of rotatable bonds is 1. The molecule has 0 aliphatic carbocycles. The summed E-state index contributed by atoms with van der Waals surface area (Å²) in [6.45, 7) is 8.51. The van der Waals surface area contributed by atoms with Crippen LogP contribution in [0, 0.1) is 5.92 Å². The van der Waals surface area contributed by atoms with Gasteiger partial charge in [-0.1, -0.05) is 6.92 Å². The summed E-state index contributed by atoms with van der Waals surface area (Å²) in [5.41, 5.74) is 6.71. The monoisotopic (exact) mass is 291 g/mol. The molecule has 21 heavy (non-hydrogen) atoms. The van der Waals surface area contributed by atoms with Crippen LogP contribution in [0.15, 0.2) is 18.3 Å². The third kappa shape index (κ3) is 4.09. The summed E-state index contributed by atoms with van der Waals surface area (Å²) in [6.07, 6.45) is 3.35. The van der Waals surface area contributed by atoms with Gasteiger partial charge >= 0.3 is 6.09 Å². The van der Waals surface area contributed by atoms with E-state index in [9.17, 15) is 4.79 Å². The summed E-state index contributed by atoms with van der Waals surface area (Å²) >= 11 is 0. The number of pyridine rings is 1. The zero-order chi connectivity index (χ0) is 15.6. The van der Waals surface area contributed by atoms with Crippen molar-refractivity contribution in [2.24, 2.45) is 5.92 Å². The molecule has 0 bridgehead atoms. The number of nitrogen functional groups attached to an aromatic ring is 1. The molecular weight excluding hydrogens is 266 g/mol. The van der Waals surface area contributed by atoms with Crippen molar-refractivity contribution < 1.29 is 9.53 Å². The van der Waals surface area contributed by atoms with Gasteiger partial charge in [0.25, 0.3) is 0 Å². The van der Waals surface area contributed by atoms with Crippen molar-refractivity contribution in [1.29, 1.82) is 0 Å². The number of piperidine rings is 1. The number of hydrogen-bond acceptors (Lipinski definition) is 4. The molecule has 5 nitrogen and oxygen atoms in total. The van der Waals surface area contributed by atoms with E-state index in [0.29, 0.717) is 18.2 Å². The standard InChI is InChI=1S/C16H25N3O2/c1-11-5-8-14(13-7-6-12(17)9-18-13)19(10-11)15(20)21-16(2,3)4/h6-7,9,11,14H,5,8,10,17H2,1-4H3. The molecule has 2 atom stereocenters. The van der Waals surface area contributed by atoms with E-state index in [4.69, 9.17) is 10.5 Å². The fourth-order valence-corrected chi connectivity index (χ4v) is 2.60. The Morgan fingerprint density at radius 1 is 1.38 bits per heavy atom. The first kappa shape index (κ1) is 15.6. The highest BCUT2D eigenvalue weighted by Crippen LogP contribution is 2.33. The van der Waals surface area contributed by atoms with Gasteiger partial charge in [-0.15, -0.1) is 0 Å². The highest BCUT2D eigenvalue weighted by Gasteiger charge is 2.34. The predicted octanol–water partition coefficient (Wildman–Crippen LogP) is 3.37. The molecular formula is C16H25N3O2. The van der Waals surface area contributed by atoms with Crippen LogP contribution < -0.4 is 5.73 Å². The topological polar surface area (TPSA) is 68.5 Å². The average molecular weight is 291 g/mol. The molecule has 1 saturated heterocycles. The largest absolute Gasteiger partial charge is 0.444 e. The van der Waals surface area contributed by atoms with Crippen molar-refractivity contribution >= 4 is 11.8 Å². The molecule has 1 aliphatic heterocycles. The maximum Gasteiger partial charge on any atom is 0.410 e. The van der Waals surface area contributed by atoms with Crippen LogP contribution in [0.1, 0.15) is 52.3 Å². The van der Waals surface area contributed by atoms with E-state index < -0.39 is 5.60 Å². The molecule has 2 N–H and O–H groups in total. The zero-order valence-corrected chi connectivity index (χ0v) is 13.3. The van der Waals surface area contributed by atoms with Crippen molar-refractivity contribution in [1.82, 2.24) is 9.88 Å². The third-order valence-corrected chi connectivity index (χ3v) is 3.60. The lowest BCUT2D eigenvalue weighted by molar-refractivity contribution is 0.00307. The Kier molecular flexibility index (Phi) is 4.40. The maximum absolute atomic E-state index is 12.5. The number of aromatic nitrogens is 1. The van der Waals surface area contributed by atoms with E-state index in [0.717, 1.165) is 18.5 Å². The second kappa shape index (κ2) is 5.92. The lowest BCUT2D eigenvalue weighted by Crippen LogP contribution is -2.44. The lowest BCUT2D eigenvalue weighted by atomic mass is 9.92. The number of carbonyl (C=O) groups is 1. The minimum atomic E-state index is -0.489. The van der Waals surface area contributed by atoms with Crippen molar-refractivity contribution in [2.45, 2.75) is 52.2 Å². The van der Waals surface area contributed by atoms with Crippen LogP contribution in [-0.4, -0.2) is 28.1 Å². The molecule has 0 spiro atoms. The van der Waals surface area contributed by atoms with Crippen LogP contribution >= 0.6 is 0 Å². The van der Waals surface area contributed by atoms with Gasteiger partial charge in [-0.25, -0.2) is 4.79 Å². The van der Waals surface area contributed by atoms with Gasteiger partial charge in [0.05, 0.1) is 23.6 Å². The molecule has 0 radical (unpaired) electrons. The molecule has 2 heterocycles. The van der Waals surface area contributed by atoms with Gasteiger partial charge in [-0.3, -0.25) is 9.88 Å². The van der Waals surface area contributed by atoms with Gasteiger partial charge in [-0.2, -0.15) is 0 Å². The van der Waals surface area contributed by atoms with Gasteiger partial charge in [0.1, 0.15) is 5.60 Å². The maximum atomic E-state index is 12.5. The van der Waals surface area contributed by atoms with E-state index in [1.54, 1.807) is 11.1 Å². The fraction of sp³-hybridized carbons (Fsp3) is 0.625. The van der Waals surface area contributed by atoms with E-state index in [1.165, 1.54) is 0 Å². The molecule has 116 valence electrons. The minimum Gasteiger partial charge on any atom is -0.444 e.